The zero-order valence-corrected chi connectivity index (χ0v) is 6.62. The van der Waals surface area contributed by atoms with Crippen LogP contribution in [-0.2, 0) is 4.74 Å². The Bertz CT molecular complexity index is 214. The normalized spacial score (nSPS) is 50.7. The summed E-state index contributed by atoms with van der Waals surface area (Å²) in [6, 6.07) is 0. The molecular weight excluding hydrogens is 135 g/mol. The van der Waals surface area contributed by atoms with Crippen LogP contribution in [0.4, 0.5) is 0 Å². The molecule has 0 amide bonds. The van der Waals surface area contributed by atoms with Gasteiger partial charge in [0.15, 0.2) is 0 Å². The predicted molar refractivity (Wildman–Crippen MR) is 33.0 cm³/mol. The summed E-state index contributed by atoms with van der Waals surface area (Å²) >= 11 is 0. The van der Waals surface area contributed by atoms with Crippen molar-refractivity contribution in [3.8, 4) is 0 Å². The first-order valence-corrected chi connectivity index (χ1v) is 3.88. The molecule has 3 rings (SSSR count). The summed E-state index contributed by atoms with van der Waals surface area (Å²) in [5, 5.41) is 11.0. The first-order chi connectivity index (χ1) is 4.84. The maximum atomic E-state index is 11.0. The first kappa shape index (κ1) is 7.73. The van der Waals surface area contributed by atoms with Gasteiger partial charge in [0, 0.05) is 5.92 Å². The Morgan fingerprint density at radius 1 is 1.45 bits per heavy atom. The van der Waals surface area contributed by atoms with Gasteiger partial charge in [-0.1, -0.05) is 6.08 Å². The Morgan fingerprint density at radius 2 is 2.27 bits per heavy atom. The Balaban J connectivity index is 0.000000480. The maximum absolute atomic E-state index is 11.0. The Morgan fingerprint density at radius 3 is 3.00 bits per heavy atom. The van der Waals surface area contributed by atoms with E-state index in [2.05, 4.69) is 0 Å². The fraction of sp³-hybridized carbons (Fsp3) is 0.750. The third kappa shape index (κ3) is 0.972. The topological polar surface area (TPSA) is 35.6 Å². The minimum absolute atomic E-state index is 0. The monoisotopic (exact) mass is 144 g/mol. The van der Waals surface area contributed by atoms with Gasteiger partial charge < -0.3 is 9.84 Å². The molecule has 0 aromatic carbocycles. The molecule has 0 radical (unpaired) electrons. The number of ether oxygens (including phenoxy) is 1. The second kappa shape index (κ2) is 2.29. The maximum Gasteiger partial charge on any atom is 1.00 e. The number of hydrogen-bond acceptors (Lipinski definition) is 2. The van der Waals surface area contributed by atoms with Crippen molar-refractivity contribution >= 4 is 0 Å². The average Bonchev–Trinajstić information content (AvgIpc) is 2.59. The Hall–Kier alpha value is 0.0974. The van der Waals surface area contributed by atoms with Crippen LogP contribution in [0, 0.1) is 11.8 Å². The summed E-state index contributed by atoms with van der Waals surface area (Å²) < 4.78 is 5.38. The van der Waals surface area contributed by atoms with E-state index in [4.69, 9.17) is 4.74 Å². The fourth-order valence-electron chi connectivity index (χ4n) is 2.41. The molecular formula is C8H9LiO2. The van der Waals surface area contributed by atoms with Crippen LogP contribution in [0.5, 0.6) is 0 Å². The standard InChI is InChI=1S/C8H10O2.Li/c9-6-2-4-1-5(3-6)8-7(4)10-8;/h2,4-5,7-9H,1,3H2;/q;+1/p-1/t4-,5+,7-,8+;/m1./s1. The van der Waals surface area contributed by atoms with Crippen molar-refractivity contribution < 1.29 is 28.7 Å². The van der Waals surface area contributed by atoms with Gasteiger partial charge in [-0.2, -0.15) is 0 Å². The minimum Gasteiger partial charge on any atom is -0.876 e. The molecule has 0 aromatic heterocycles. The van der Waals surface area contributed by atoms with Crippen LogP contribution in [0.3, 0.4) is 0 Å². The minimum atomic E-state index is 0. The van der Waals surface area contributed by atoms with E-state index >= 15 is 0 Å². The van der Waals surface area contributed by atoms with Crippen LogP contribution >= 0.6 is 0 Å². The number of fused-ring (bicyclic) bond motifs is 5. The summed E-state index contributed by atoms with van der Waals surface area (Å²) in [5.41, 5.74) is 0. The molecule has 0 unspecified atom stereocenters. The van der Waals surface area contributed by atoms with Gasteiger partial charge in [-0.3, -0.25) is 0 Å². The molecule has 0 spiro atoms. The van der Waals surface area contributed by atoms with E-state index < -0.39 is 0 Å². The molecule has 54 valence electrons. The molecule has 1 saturated carbocycles. The Labute approximate surface area is 77.8 Å². The molecule has 1 heterocycles. The van der Waals surface area contributed by atoms with Crippen LogP contribution < -0.4 is 24.0 Å². The number of allylic oxidation sites excluding steroid dienone is 1. The molecule has 1 aliphatic heterocycles. The number of hydrogen-bond donors (Lipinski definition) is 0. The van der Waals surface area contributed by atoms with Crippen molar-refractivity contribution in [3.05, 3.63) is 11.8 Å². The molecule has 3 heteroatoms. The van der Waals surface area contributed by atoms with E-state index in [1.807, 2.05) is 6.08 Å². The van der Waals surface area contributed by atoms with Crippen LogP contribution in [-0.4, -0.2) is 12.2 Å². The van der Waals surface area contributed by atoms with Crippen LogP contribution in [0.15, 0.2) is 11.8 Å². The molecule has 4 atom stereocenters. The van der Waals surface area contributed by atoms with Gasteiger partial charge in [0.2, 0.25) is 0 Å². The molecule has 0 aromatic rings. The molecule has 2 bridgehead atoms. The SMILES string of the molecule is [Li+].[O-]C1=C[C@H]2C[C@@H](C1)[C@@H]1O[C@@H]12. The van der Waals surface area contributed by atoms with E-state index in [0.717, 1.165) is 6.42 Å². The second-order valence-electron chi connectivity index (χ2n) is 3.56. The molecule has 2 fully saturated rings. The van der Waals surface area contributed by atoms with Gasteiger partial charge in [-0.25, -0.2) is 0 Å². The second-order valence-corrected chi connectivity index (χ2v) is 3.56. The molecule has 2 nitrogen and oxygen atoms in total. The van der Waals surface area contributed by atoms with E-state index in [0.29, 0.717) is 29.8 Å². The van der Waals surface area contributed by atoms with Crippen LogP contribution in [0.25, 0.3) is 0 Å². The van der Waals surface area contributed by atoms with Gasteiger partial charge >= 0.3 is 18.9 Å². The van der Waals surface area contributed by atoms with Crippen LogP contribution in [0.2, 0.25) is 0 Å². The third-order valence-electron chi connectivity index (χ3n) is 2.89. The summed E-state index contributed by atoms with van der Waals surface area (Å²) in [5.74, 6) is 1.40. The van der Waals surface area contributed by atoms with E-state index in [1.54, 1.807) is 0 Å². The quantitative estimate of drug-likeness (QED) is 0.269. The van der Waals surface area contributed by atoms with Crippen molar-refractivity contribution in [2.75, 3.05) is 0 Å². The van der Waals surface area contributed by atoms with Crippen molar-refractivity contribution in [1.29, 1.82) is 0 Å². The van der Waals surface area contributed by atoms with E-state index in [1.165, 1.54) is 6.42 Å². The number of epoxide rings is 1. The first-order valence-electron chi connectivity index (χ1n) is 3.88. The van der Waals surface area contributed by atoms with Gasteiger partial charge in [-0.05, 0) is 18.8 Å². The van der Waals surface area contributed by atoms with Crippen molar-refractivity contribution in [2.45, 2.75) is 25.0 Å². The molecule has 0 N–H and O–H groups in total. The van der Waals surface area contributed by atoms with Gasteiger partial charge in [-0.15, -0.1) is 5.76 Å². The van der Waals surface area contributed by atoms with Gasteiger partial charge in [0.25, 0.3) is 0 Å². The Kier molecular flexibility index (Phi) is 1.61. The molecule has 1 saturated heterocycles. The summed E-state index contributed by atoms with van der Waals surface area (Å²) in [4.78, 5) is 0. The summed E-state index contributed by atoms with van der Waals surface area (Å²) in [6.45, 7) is 0. The fourth-order valence-corrected chi connectivity index (χ4v) is 2.41. The zero-order valence-electron chi connectivity index (χ0n) is 6.62. The summed E-state index contributed by atoms with van der Waals surface area (Å²) in [6.07, 6.45) is 4.73. The van der Waals surface area contributed by atoms with Crippen molar-refractivity contribution in [3.63, 3.8) is 0 Å². The summed E-state index contributed by atoms with van der Waals surface area (Å²) in [7, 11) is 0. The third-order valence-corrected chi connectivity index (χ3v) is 2.89. The van der Waals surface area contributed by atoms with Gasteiger partial charge in [0.05, 0.1) is 12.2 Å². The van der Waals surface area contributed by atoms with Crippen molar-refractivity contribution in [2.24, 2.45) is 11.8 Å². The van der Waals surface area contributed by atoms with E-state index in [9.17, 15) is 5.11 Å². The molecule has 3 aliphatic rings. The predicted octanol–water partition coefficient (Wildman–Crippen LogP) is -2.96. The smallest absolute Gasteiger partial charge is 0.876 e. The zero-order chi connectivity index (χ0) is 6.72. The molecule has 2 aliphatic carbocycles. The van der Waals surface area contributed by atoms with Crippen LogP contribution in [0.1, 0.15) is 12.8 Å². The molecule has 11 heavy (non-hydrogen) atoms. The largest absolute Gasteiger partial charge is 1.00 e. The number of rotatable bonds is 0. The average molecular weight is 144 g/mol. The van der Waals surface area contributed by atoms with E-state index in [-0.39, 0.29) is 18.9 Å². The van der Waals surface area contributed by atoms with Crippen molar-refractivity contribution in [1.82, 2.24) is 0 Å². The van der Waals surface area contributed by atoms with Gasteiger partial charge in [0.1, 0.15) is 0 Å².